The molecule has 2 N–H and O–H groups in total. The summed E-state index contributed by atoms with van der Waals surface area (Å²) in [5, 5.41) is 11.9. The van der Waals surface area contributed by atoms with Gasteiger partial charge in [-0.05, 0) is 18.1 Å². The van der Waals surface area contributed by atoms with Crippen LogP contribution in [0.2, 0.25) is 0 Å². The quantitative estimate of drug-likeness (QED) is 0.787. The average molecular weight is 203 g/mol. The number of carboxylic acid groups (broad SMARTS) is 1. The first-order valence-corrected chi connectivity index (χ1v) is 4.94. The lowest BCUT2D eigenvalue weighted by Crippen LogP contribution is -2.35. The molecule has 1 aliphatic rings. The molecular formula is C12H13NO2. The Morgan fingerprint density at radius 2 is 2.20 bits per heavy atom. The van der Waals surface area contributed by atoms with Gasteiger partial charge in [-0.15, -0.1) is 0 Å². The van der Waals surface area contributed by atoms with Crippen molar-refractivity contribution < 1.29 is 9.90 Å². The highest BCUT2D eigenvalue weighted by Gasteiger charge is 2.20. The molecular weight excluding hydrogens is 190 g/mol. The molecule has 0 saturated carbocycles. The molecule has 0 radical (unpaired) electrons. The molecule has 0 unspecified atom stereocenters. The lowest BCUT2D eigenvalue weighted by atomic mass is 10.1. The topological polar surface area (TPSA) is 49.3 Å². The van der Waals surface area contributed by atoms with Crippen molar-refractivity contribution in [3.63, 3.8) is 0 Å². The summed E-state index contributed by atoms with van der Waals surface area (Å²) in [6, 6.07) is 7.47. The summed E-state index contributed by atoms with van der Waals surface area (Å²) < 4.78 is 0. The number of nitrogens with one attached hydrogen (secondary N) is 1. The van der Waals surface area contributed by atoms with E-state index in [9.17, 15) is 4.79 Å². The smallest absolute Gasteiger partial charge is 0.320 e. The van der Waals surface area contributed by atoms with Gasteiger partial charge in [0.2, 0.25) is 0 Å². The Labute approximate surface area is 88.4 Å². The van der Waals surface area contributed by atoms with E-state index in [2.05, 4.69) is 5.32 Å². The fourth-order valence-corrected chi connectivity index (χ4v) is 1.74. The fraction of sp³-hybridized carbons (Fsp3) is 0.250. The highest BCUT2D eigenvalue weighted by atomic mass is 16.4. The van der Waals surface area contributed by atoms with E-state index in [1.54, 1.807) is 6.92 Å². The van der Waals surface area contributed by atoms with Crippen LogP contribution in [0.4, 0.5) is 0 Å². The van der Waals surface area contributed by atoms with Gasteiger partial charge in [0.05, 0.1) is 6.04 Å². The van der Waals surface area contributed by atoms with E-state index < -0.39 is 12.0 Å². The second kappa shape index (κ2) is 3.87. The molecule has 0 saturated heterocycles. The minimum atomic E-state index is -0.826. The monoisotopic (exact) mass is 203 g/mol. The van der Waals surface area contributed by atoms with Gasteiger partial charge in [0.15, 0.2) is 0 Å². The molecule has 2 rings (SSSR count). The summed E-state index contributed by atoms with van der Waals surface area (Å²) >= 11 is 0. The number of rotatable bonds is 3. The summed E-state index contributed by atoms with van der Waals surface area (Å²) in [7, 11) is 0. The van der Waals surface area contributed by atoms with Crippen LogP contribution in [-0.2, 0) is 4.79 Å². The zero-order chi connectivity index (χ0) is 10.8. The van der Waals surface area contributed by atoms with Crippen molar-refractivity contribution in [3.8, 4) is 0 Å². The number of benzene rings is 1. The van der Waals surface area contributed by atoms with Crippen molar-refractivity contribution in [1.29, 1.82) is 0 Å². The van der Waals surface area contributed by atoms with Gasteiger partial charge in [-0.25, -0.2) is 0 Å². The van der Waals surface area contributed by atoms with Gasteiger partial charge in [-0.3, -0.25) is 10.1 Å². The molecule has 0 bridgehead atoms. The van der Waals surface area contributed by atoms with Crippen LogP contribution in [0, 0.1) is 0 Å². The van der Waals surface area contributed by atoms with Crippen LogP contribution < -0.4 is 5.32 Å². The number of fused-ring (bicyclic) bond motifs is 1. The minimum absolute atomic E-state index is 0.0206. The van der Waals surface area contributed by atoms with Crippen molar-refractivity contribution in [2.75, 3.05) is 0 Å². The molecule has 0 heterocycles. The van der Waals surface area contributed by atoms with Crippen LogP contribution >= 0.6 is 0 Å². The molecule has 15 heavy (non-hydrogen) atoms. The lowest BCUT2D eigenvalue weighted by Gasteiger charge is -2.16. The van der Waals surface area contributed by atoms with Crippen molar-refractivity contribution >= 4 is 12.0 Å². The van der Waals surface area contributed by atoms with E-state index in [-0.39, 0.29) is 6.04 Å². The van der Waals surface area contributed by atoms with Gasteiger partial charge in [0.25, 0.3) is 0 Å². The SMILES string of the molecule is C[C@H](N[C@H]1C=Cc2ccccc21)C(=O)O. The Morgan fingerprint density at radius 3 is 2.93 bits per heavy atom. The van der Waals surface area contributed by atoms with Crippen LogP contribution in [0.5, 0.6) is 0 Å². The Kier molecular flexibility index (Phi) is 2.56. The zero-order valence-corrected chi connectivity index (χ0v) is 8.47. The van der Waals surface area contributed by atoms with Gasteiger partial charge in [-0.1, -0.05) is 36.4 Å². The van der Waals surface area contributed by atoms with Gasteiger partial charge >= 0.3 is 5.97 Å². The van der Waals surface area contributed by atoms with Crippen LogP contribution in [0.25, 0.3) is 6.08 Å². The first kappa shape index (κ1) is 9.93. The van der Waals surface area contributed by atoms with E-state index in [0.29, 0.717) is 0 Å². The van der Waals surface area contributed by atoms with E-state index in [1.807, 2.05) is 36.4 Å². The Bertz CT molecular complexity index is 412. The van der Waals surface area contributed by atoms with Crippen molar-refractivity contribution in [3.05, 3.63) is 41.5 Å². The van der Waals surface area contributed by atoms with Gasteiger partial charge in [-0.2, -0.15) is 0 Å². The molecule has 3 heteroatoms. The second-order valence-corrected chi connectivity index (χ2v) is 3.69. The minimum Gasteiger partial charge on any atom is -0.480 e. The van der Waals surface area contributed by atoms with E-state index >= 15 is 0 Å². The summed E-state index contributed by atoms with van der Waals surface area (Å²) in [6.45, 7) is 1.65. The van der Waals surface area contributed by atoms with Crippen LogP contribution in [-0.4, -0.2) is 17.1 Å². The van der Waals surface area contributed by atoms with E-state index in [4.69, 9.17) is 5.11 Å². The van der Waals surface area contributed by atoms with E-state index in [1.165, 1.54) is 0 Å². The number of carbonyl (C=O) groups is 1. The van der Waals surface area contributed by atoms with Gasteiger partial charge in [0, 0.05) is 0 Å². The maximum atomic E-state index is 10.7. The molecule has 0 aromatic heterocycles. The fourth-order valence-electron chi connectivity index (χ4n) is 1.74. The largest absolute Gasteiger partial charge is 0.480 e. The van der Waals surface area contributed by atoms with Gasteiger partial charge in [0.1, 0.15) is 6.04 Å². The van der Waals surface area contributed by atoms with Crippen molar-refractivity contribution in [1.82, 2.24) is 5.32 Å². The maximum absolute atomic E-state index is 10.7. The van der Waals surface area contributed by atoms with Crippen LogP contribution in [0.15, 0.2) is 30.3 Å². The van der Waals surface area contributed by atoms with Gasteiger partial charge < -0.3 is 5.11 Å². The predicted molar refractivity (Wildman–Crippen MR) is 58.5 cm³/mol. The third-order valence-corrected chi connectivity index (χ3v) is 2.60. The molecule has 1 aromatic carbocycles. The average Bonchev–Trinajstić information content (AvgIpc) is 2.62. The third kappa shape index (κ3) is 1.92. The summed E-state index contributed by atoms with van der Waals surface area (Å²) in [4.78, 5) is 10.7. The number of hydrogen-bond donors (Lipinski definition) is 2. The first-order valence-electron chi connectivity index (χ1n) is 4.94. The first-order chi connectivity index (χ1) is 7.18. The molecule has 0 aliphatic heterocycles. The second-order valence-electron chi connectivity index (χ2n) is 3.69. The highest BCUT2D eigenvalue weighted by Crippen LogP contribution is 2.27. The highest BCUT2D eigenvalue weighted by molar-refractivity contribution is 5.73. The van der Waals surface area contributed by atoms with Crippen LogP contribution in [0.3, 0.4) is 0 Å². The van der Waals surface area contributed by atoms with E-state index in [0.717, 1.165) is 11.1 Å². The number of aliphatic carboxylic acids is 1. The number of carboxylic acids is 1. The molecule has 0 amide bonds. The molecule has 2 atom stereocenters. The molecule has 0 spiro atoms. The molecule has 1 aliphatic carbocycles. The Balaban J connectivity index is 2.15. The lowest BCUT2D eigenvalue weighted by molar-refractivity contribution is -0.139. The predicted octanol–water partition coefficient (Wildman–Crippen LogP) is 1.82. The summed E-state index contributed by atoms with van der Waals surface area (Å²) in [6.07, 6.45) is 4.01. The standard InChI is InChI=1S/C12H13NO2/c1-8(12(14)15)13-11-7-6-9-4-2-3-5-10(9)11/h2-8,11,13H,1H3,(H,14,15)/t8-,11-/m0/s1. The molecule has 0 fully saturated rings. The van der Waals surface area contributed by atoms with Crippen molar-refractivity contribution in [2.24, 2.45) is 0 Å². The molecule has 1 aromatic rings. The summed E-state index contributed by atoms with van der Waals surface area (Å²) in [5.41, 5.74) is 2.30. The van der Waals surface area contributed by atoms with Crippen LogP contribution in [0.1, 0.15) is 24.1 Å². The van der Waals surface area contributed by atoms with Crippen molar-refractivity contribution in [2.45, 2.75) is 19.0 Å². The third-order valence-electron chi connectivity index (χ3n) is 2.60. The Hall–Kier alpha value is -1.61. The molecule has 3 nitrogen and oxygen atoms in total. The maximum Gasteiger partial charge on any atom is 0.320 e. The molecule has 78 valence electrons. The normalized spacial score (nSPS) is 19.9. The Morgan fingerprint density at radius 1 is 1.47 bits per heavy atom. The summed E-state index contributed by atoms with van der Waals surface area (Å²) in [5.74, 6) is -0.826. The number of hydrogen-bond acceptors (Lipinski definition) is 2. The zero-order valence-electron chi connectivity index (χ0n) is 8.47.